The number of ether oxygens (including phenoxy) is 1. The highest BCUT2D eigenvalue weighted by molar-refractivity contribution is 5.93. The van der Waals surface area contributed by atoms with E-state index in [4.69, 9.17) is 4.74 Å². The fourth-order valence-electron chi connectivity index (χ4n) is 4.42. The van der Waals surface area contributed by atoms with E-state index < -0.39 is 5.82 Å². The van der Waals surface area contributed by atoms with Crippen LogP contribution in [0.15, 0.2) is 36.5 Å². The fraction of sp³-hybridized carbons (Fsp3) is 0.429. The van der Waals surface area contributed by atoms with Crippen LogP contribution in [0.25, 0.3) is 0 Å². The maximum Gasteiger partial charge on any atom is 0.255 e. The van der Waals surface area contributed by atoms with Crippen LogP contribution in [0.2, 0.25) is 0 Å². The van der Waals surface area contributed by atoms with Crippen molar-refractivity contribution in [2.45, 2.75) is 31.6 Å². The van der Waals surface area contributed by atoms with Crippen LogP contribution in [-0.4, -0.2) is 29.9 Å². The first-order valence-corrected chi connectivity index (χ1v) is 9.16. The number of benzene rings is 1. The topological polar surface area (TPSA) is 42.4 Å². The van der Waals surface area contributed by atoms with Crippen LogP contribution >= 0.6 is 0 Å². The van der Waals surface area contributed by atoms with Crippen LogP contribution in [0.5, 0.6) is 11.6 Å². The Kier molecular flexibility index (Phi) is 4.39. The van der Waals surface area contributed by atoms with Gasteiger partial charge in [0.25, 0.3) is 11.8 Å². The zero-order valence-corrected chi connectivity index (χ0v) is 15.1. The van der Waals surface area contributed by atoms with Crippen molar-refractivity contribution in [3.05, 3.63) is 53.5 Å². The van der Waals surface area contributed by atoms with E-state index in [-0.39, 0.29) is 17.4 Å². The van der Waals surface area contributed by atoms with E-state index in [1.165, 1.54) is 42.3 Å². The molecule has 0 radical (unpaired) electrons. The molecule has 1 aromatic carbocycles. The number of amides is 1. The summed E-state index contributed by atoms with van der Waals surface area (Å²) in [5.41, 5.74) is 1.55. The van der Waals surface area contributed by atoms with Crippen molar-refractivity contribution >= 4 is 5.91 Å². The molecule has 0 N–H and O–H groups in total. The molecule has 4 rings (SSSR count). The molecule has 1 aromatic heterocycles. The molecule has 2 fully saturated rings. The van der Waals surface area contributed by atoms with Crippen molar-refractivity contribution in [2.75, 3.05) is 14.1 Å². The smallest absolute Gasteiger partial charge is 0.255 e. The molecular formula is C21H23FN2O2. The van der Waals surface area contributed by atoms with Crippen molar-refractivity contribution in [3.63, 3.8) is 0 Å². The lowest BCUT2D eigenvalue weighted by Crippen LogP contribution is -2.22. The zero-order chi connectivity index (χ0) is 18.3. The van der Waals surface area contributed by atoms with Gasteiger partial charge in [0.1, 0.15) is 5.75 Å². The summed E-state index contributed by atoms with van der Waals surface area (Å²) in [6, 6.07) is 9.09. The predicted octanol–water partition coefficient (Wildman–Crippen LogP) is 4.62. The van der Waals surface area contributed by atoms with Gasteiger partial charge in [-0.05, 0) is 60.8 Å². The van der Waals surface area contributed by atoms with Crippen molar-refractivity contribution in [3.8, 4) is 11.6 Å². The number of halogens is 1. The van der Waals surface area contributed by atoms with Gasteiger partial charge in [-0.1, -0.05) is 18.6 Å². The molecular weight excluding hydrogens is 331 g/mol. The minimum atomic E-state index is -0.644. The quantitative estimate of drug-likeness (QED) is 0.805. The Hall–Kier alpha value is -2.43. The van der Waals surface area contributed by atoms with Gasteiger partial charge in [-0.2, -0.15) is 0 Å². The first-order chi connectivity index (χ1) is 12.5. The number of nitrogens with zero attached hydrogens (tertiary/aromatic N) is 2. The van der Waals surface area contributed by atoms with Crippen molar-refractivity contribution in [1.29, 1.82) is 0 Å². The Morgan fingerprint density at radius 1 is 1.19 bits per heavy atom. The molecule has 26 heavy (non-hydrogen) atoms. The number of pyridine rings is 1. The summed E-state index contributed by atoms with van der Waals surface area (Å²) < 4.78 is 19.8. The standard InChI is InChI=1S/C21H23FN2O2/c1-24(2)21(25)16-11-19(22)20(23-12-16)26-17-7-5-14(6-8-17)18-10-13-3-4-15(18)9-13/h5-8,11-13,15,18H,3-4,9-10H2,1-2H3. The summed E-state index contributed by atoms with van der Waals surface area (Å²) >= 11 is 0. The van der Waals surface area contributed by atoms with Gasteiger partial charge in [0, 0.05) is 20.3 Å². The lowest BCUT2D eigenvalue weighted by atomic mass is 9.83. The number of hydrogen-bond donors (Lipinski definition) is 0. The lowest BCUT2D eigenvalue weighted by Gasteiger charge is -2.22. The summed E-state index contributed by atoms with van der Waals surface area (Å²) in [5.74, 6) is 1.89. The number of carbonyl (C=O) groups is 1. The molecule has 1 amide bonds. The van der Waals surface area contributed by atoms with E-state index >= 15 is 0 Å². The van der Waals surface area contributed by atoms with Gasteiger partial charge in [-0.3, -0.25) is 4.79 Å². The van der Waals surface area contributed by atoms with Crippen LogP contribution in [0.4, 0.5) is 4.39 Å². The van der Waals surface area contributed by atoms with E-state index in [2.05, 4.69) is 17.1 Å². The molecule has 136 valence electrons. The predicted molar refractivity (Wildman–Crippen MR) is 96.9 cm³/mol. The highest BCUT2D eigenvalue weighted by atomic mass is 19.1. The first kappa shape index (κ1) is 17.0. The Bertz CT molecular complexity index is 819. The van der Waals surface area contributed by atoms with Gasteiger partial charge < -0.3 is 9.64 Å². The maximum absolute atomic E-state index is 14.2. The summed E-state index contributed by atoms with van der Waals surface area (Å²) in [4.78, 5) is 17.2. The van der Waals surface area contributed by atoms with Crippen molar-refractivity contribution in [2.24, 2.45) is 11.8 Å². The molecule has 4 nitrogen and oxygen atoms in total. The third kappa shape index (κ3) is 3.18. The number of rotatable bonds is 4. The molecule has 0 aliphatic heterocycles. The van der Waals surface area contributed by atoms with E-state index in [9.17, 15) is 9.18 Å². The average Bonchev–Trinajstić information content (AvgIpc) is 3.27. The van der Waals surface area contributed by atoms with Crippen LogP contribution in [0.3, 0.4) is 0 Å². The van der Waals surface area contributed by atoms with Crippen LogP contribution in [0, 0.1) is 17.7 Å². The van der Waals surface area contributed by atoms with Gasteiger partial charge in [0.15, 0.2) is 5.82 Å². The summed E-state index contributed by atoms with van der Waals surface area (Å²) in [6.07, 6.45) is 6.74. The Morgan fingerprint density at radius 2 is 1.96 bits per heavy atom. The Balaban J connectivity index is 1.46. The van der Waals surface area contributed by atoms with Crippen molar-refractivity contribution in [1.82, 2.24) is 9.88 Å². The molecule has 3 atom stereocenters. The number of fused-ring (bicyclic) bond motifs is 2. The molecule has 2 aliphatic rings. The molecule has 5 heteroatoms. The van der Waals surface area contributed by atoms with Gasteiger partial charge in [-0.25, -0.2) is 9.37 Å². The van der Waals surface area contributed by atoms with E-state index in [0.29, 0.717) is 11.7 Å². The van der Waals surface area contributed by atoms with Crippen LogP contribution in [0.1, 0.15) is 47.5 Å². The molecule has 2 bridgehead atoms. The number of hydrogen-bond acceptors (Lipinski definition) is 3. The van der Waals surface area contributed by atoms with Gasteiger partial charge in [-0.15, -0.1) is 0 Å². The maximum atomic E-state index is 14.2. The zero-order valence-electron chi connectivity index (χ0n) is 15.1. The molecule has 2 aliphatic carbocycles. The first-order valence-electron chi connectivity index (χ1n) is 9.16. The largest absolute Gasteiger partial charge is 0.436 e. The third-order valence-corrected chi connectivity index (χ3v) is 5.72. The fourth-order valence-corrected chi connectivity index (χ4v) is 4.42. The second-order valence-electron chi connectivity index (χ2n) is 7.66. The minimum Gasteiger partial charge on any atom is -0.436 e. The molecule has 0 saturated heterocycles. The SMILES string of the molecule is CN(C)C(=O)c1cnc(Oc2ccc(C3CC4CCC3C4)cc2)c(F)c1. The minimum absolute atomic E-state index is 0.118. The third-order valence-electron chi connectivity index (χ3n) is 5.72. The second-order valence-corrected chi connectivity index (χ2v) is 7.66. The number of aromatic nitrogens is 1. The van der Waals surface area contributed by atoms with Gasteiger partial charge in [0.2, 0.25) is 0 Å². The highest BCUT2D eigenvalue weighted by Crippen LogP contribution is 2.52. The Labute approximate surface area is 153 Å². The summed E-state index contributed by atoms with van der Waals surface area (Å²) in [5, 5.41) is 0. The lowest BCUT2D eigenvalue weighted by molar-refractivity contribution is 0.0826. The molecule has 0 spiro atoms. The van der Waals surface area contributed by atoms with E-state index in [1.54, 1.807) is 14.1 Å². The normalized spacial score (nSPS) is 23.9. The summed E-state index contributed by atoms with van der Waals surface area (Å²) in [7, 11) is 3.23. The molecule has 3 unspecified atom stereocenters. The number of carbonyl (C=O) groups excluding carboxylic acids is 1. The van der Waals surface area contributed by atoms with Gasteiger partial charge >= 0.3 is 0 Å². The highest BCUT2D eigenvalue weighted by Gasteiger charge is 2.39. The summed E-state index contributed by atoms with van der Waals surface area (Å²) in [6.45, 7) is 0. The van der Waals surface area contributed by atoms with E-state index in [1.807, 2.05) is 12.1 Å². The average molecular weight is 354 g/mol. The van der Waals surface area contributed by atoms with Gasteiger partial charge in [0.05, 0.1) is 5.56 Å². The monoisotopic (exact) mass is 354 g/mol. The van der Waals surface area contributed by atoms with E-state index in [0.717, 1.165) is 17.9 Å². The Morgan fingerprint density at radius 3 is 2.54 bits per heavy atom. The van der Waals surface area contributed by atoms with Crippen molar-refractivity contribution < 1.29 is 13.9 Å². The second kappa shape index (κ2) is 6.71. The molecule has 1 heterocycles. The molecule has 2 saturated carbocycles. The van der Waals surface area contributed by atoms with Crippen LogP contribution < -0.4 is 4.74 Å². The molecule has 2 aromatic rings. The van der Waals surface area contributed by atoms with Crippen LogP contribution in [-0.2, 0) is 0 Å².